The second kappa shape index (κ2) is 19.5. The summed E-state index contributed by atoms with van der Waals surface area (Å²) in [6, 6.07) is 0. The Labute approximate surface area is 385 Å². The third-order valence-electron chi connectivity index (χ3n) is 17.4. The molecule has 0 aromatic heterocycles. The third-order valence-corrected chi connectivity index (χ3v) is 17.4. The van der Waals surface area contributed by atoms with Crippen molar-refractivity contribution in [3.63, 3.8) is 0 Å². The van der Waals surface area contributed by atoms with E-state index < -0.39 is 122 Å². The fourth-order valence-corrected chi connectivity index (χ4v) is 13.8. The molecule has 19 heteroatoms. The molecule has 4 heterocycles. The van der Waals surface area contributed by atoms with Crippen LogP contribution in [-0.2, 0) is 47.4 Å². The van der Waals surface area contributed by atoms with E-state index in [-0.39, 0.29) is 54.8 Å². The smallest absolute Gasteiger partial charge is 0.303 e. The Kier molecular flexibility index (Phi) is 14.9. The van der Waals surface area contributed by atoms with E-state index in [2.05, 4.69) is 33.4 Å². The molecule has 66 heavy (non-hydrogen) atoms. The lowest BCUT2D eigenvalue weighted by Gasteiger charge is -2.60. The van der Waals surface area contributed by atoms with Crippen LogP contribution in [0.1, 0.15) is 86.0 Å². The number of carbonyl (C=O) groups excluding carboxylic acids is 1. The Morgan fingerprint density at radius 3 is 2.29 bits per heavy atom. The van der Waals surface area contributed by atoms with Gasteiger partial charge in [0.15, 0.2) is 30.8 Å². The minimum atomic E-state index is -1.68. The molecule has 9 N–H and O–H groups in total. The first-order valence-electron chi connectivity index (χ1n) is 23.9. The number of allylic oxidation sites excluding steroid dienone is 1. The highest BCUT2D eigenvalue weighted by molar-refractivity contribution is 5.66. The molecule has 25 unspecified atom stereocenters. The van der Waals surface area contributed by atoms with Gasteiger partial charge in [-0.15, -0.1) is 0 Å². The minimum Gasteiger partial charge on any atom is -0.457 e. The molecule has 4 saturated heterocycles. The first kappa shape index (κ1) is 50.7. The quantitative estimate of drug-likeness (QED) is 0.0863. The molecule has 8 aliphatic rings. The van der Waals surface area contributed by atoms with E-state index in [1.807, 2.05) is 0 Å². The van der Waals surface area contributed by atoms with Crippen LogP contribution in [0.3, 0.4) is 0 Å². The van der Waals surface area contributed by atoms with Gasteiger partial charge in [-0.25, -0.2) is 0 Å². The number of fused-ring (bicyclic) bond motifs is 7. The number of carbonyl (C=O) groups is 1. The van der Waals surface area contributed by atoms with Crippen LogP contribution in [0.25, 0.3) is 0 Å². The number of hydrogen-bond acceptors (Lipinski definition) is 19. The van der Waals surface area contributed by atoms with Gasteiger partial charge in [0.2, 0.25) is 0 Å². The van der Waals surface area contributed by atoms with Gasteiger partial charge in [0.05, 0.1) is 44.2 Å². The molecular weight excluding hydrogens is 868 g/mol. The monoisotopic (exact) mass is 942 g/mol. The zero-order chi connectivity index (χ0) is 47.8. The van der Waals surface area contributed by atoms with Gasteiger partial charge in [-0.3, -0.25) is 4.79 Å². The zero-order valence-electron chi connectivity index (χ0n) is 38.9. The van der Waals surface area contributed by atoms with Crippen molar-refractivity contribution in [2.24, 2.45) is 40.4 Å². The van der Waals surface area contributed by atoms with Crippen LogP contribution in [0, 0.1) is 40.4 Å². The Bertz CT molecular complexity index is 1770. The van der Waals surface area contributed by atoms with E-state index in [1.54, 1.807) is 7.11 Å². The molecule has 4 aliphatic carbocycles. The van der Waals surface area contributed by atoms with Crippen LogP contribution in [0.5, 0.6) is 0 Å². The molecule has 0 bridgehead atoms. The fourth-order valence-electron chi connectivity index (χ4n) is 13.8. The lowest BCUT2D eigenvalue weighted by Crippen LogP contribution is -2.63. The lowest BCUT2D eigenvalue weighted by molar-refractivity contribution is -0.363. The molecule has 0 aromatic rings. The molecule has 19 nitrogen and oxygen atoms in total. The maximum absolute atomic E-state index is 12.0. The highest BCUT2D eigenvalue weighted by Gasteiger charge is 2.69. The van der Waals surface area contributed by atoms with Crippen molar-refractivity contribution in [2.75, 3.05) is 26.9 Å². The van der Waals surface area contributed by atoms with Gasteiger partial charge in [0, 0.05) is 38.2 Å². The lowest BCUT2D eigenvalue weighted by atomic mass is 9.46. The van der Waals surface area contributed by atoms with E-state index in [9.17, 15) is 50.8 Å². The molecule has 0 radical (unpaired) electrons. The van der Waals surface area contributed by atoms with E-state index >= 15 is 0 Å². The van der Waals surface area contributed by atoms with E-state index in [1.165, 1.54) is 13.8 Å². The van der Waals surface area contributed by atoms with E-state index in [0.29, 0.717) is 30.8 Å². The van der Waals surface area contributed by atoms with Crippen LogP contribution >= 0.6 is 0 Å². The largest absolute Gasteiger partial charge is 0.457 e. The highest BCUT2D eigenvalue weighted by Crippen LogP contribution is 2.70. The van der Waals surface area contributed by atoms with Gasteiger partial charge < -0.3 is 88.6 Å². The fraction of sp³-hybridized carbons (Fsp3) is 0.894. The zero-order valence-corrected chi connectivity index (χ0v) is 38.9. The summed E-state index contributed by atoms with van der Waals surface area (Å²) in [4.78, 5) is 12.0. The molecule has 0 amide bonds. The molecule has 4 aliphatic heterocycles. The summed E-state index contributed by atoms with van der Waals surface area (Å²) < 4.78 is 54.9. The molecule has 25 atom stereocenters. The van der Waals surface area contributed by atoms with Crippen LogP contribution in [0.15, 0.2) is 23.8 Å². The highest BCUT2D eigenvalue weighted by atomic mass is 16.8. The Morgan fingerprint density at radius 1 is 0.879 bits per heavy atom. The molecule has 376 valence electrons. The second-order valence-corrected chi connectivity index (χ2v) is 21.0. The number of ether oxygens (including phenoxy) is 9. The summed E-state index contributed by atoms with van der Waals surface area (Å²) >= 11 is 0. The molecular formula is C47H74O19. The van der Waals surface area contributed by atoms with Gasteiger partial charge in [-0.05, 0) is 74.5 Å². The summed E-state index contributed by atoms with van der Waals surface area (Å²) in [5, 5.41) is 95.1. The van der Waals surface area contributed by atoms with Crippen molar-refractivity contribution >= 4 is 5.97 Å². The number of methoxy groups -OCH3 is 1. The van der Waals surface area contributed by atoms with Crippen molar-refractivity contribution in [1.82, 2.24) is 0 Å². The topological polar surface area (TPSA) is 282 Å². The number of hydrogen-bond donors (Lipinski definition) is 9. The first-order valence-corrected chi connectivity index (χ1v) is 23.9. The van der Waals surface area contributed by atoms with Gasteiger partial charge in [-0.1, -0.05) is 44.6 Å². The SMILES string of the molecule is C=C(CCC1(OC)OC2CC3C4CC=C5CC(O)CC(OC6OCC(OC(C)=O)C(O)C6OC6OC(C)C(O)C(O)C6O)C5(C)C4CCC3(C)C2C1C)COC1OC(CO)C(O)C(O)C1O. The summed E-state index contributed by atoms with van der Waals surface area (Å²) in [7, 11) is 1.67. The predicted octanol–water partition coefficient (Wildman–Crippen LogP) is -0.0766. The summed E-state index contributed by atoms with van der Waals surface area (Å²) in [5.74, 6) is -0.604. The maximum Gasteiger partial charge on any atom is 0.303 e. The third kappa shape index (κ3) is 8.77. The summed E-state index contributed by atoms with van der Waals surface area (Å²) in [6.07, 6.45) is -13.1. The average molecular weight is 943 g/mol. The molecule has 3 saturated carbocycles. The van der Waals surface area contributed by atoms with Crippen LogP contribution in [0.4, 0.5) is 0 Å². The number of rotatable bonds is 13. The second-order valence-electron chi connectivity index (χ2n) is 21.0. The van der Waals surface area contributed by atoms with Crippen molar-refractivity contribution in [2.45, 2.75) is 196 Å². The van der Waals surface area contributed by atoms with Crippen molar-refractivity contribution in [3.05, 3.63) is 23.8 Å². The predicted molar refractivity (Wildman–Crippen MR) is 227 cm³/mol. The van der Waals surface area contributed by atoms with Crippen molar-refractivity contribution in [1.29, 1.82) is 0 Å². The standard InChI is InChI=1S/C47H74O19/c1-20(18-59-42-39(56)38(55)35(52)30(17-48)63-42)10-13-47(58-7)21(2)33-29(66-47)16-28-26-9-8-24-14-25(50)15-32(46(24,6)27(26)11-12-45(28,33)5)64-44-41(36(53)31(19-60-44)62-23(4)49)65-43-40(57)37(54)34(51)22(3)61-43/h8,21-22,25-44,48,50-57H,1,9-19H2,2-7H3. The van der Waals surface area contributed by atoms with Gasteiger partial charge in [-0.2, -0.15) is 0 Å². The Morgan fingerprint density at radius 2 is 1.59 bits per heavy atom. The molecule has 0 aromatic carbocycles. The molecule has 8 rings (SSSR count). The van der Waals surface area contributed by atoms with Crippen LogP contribution < -0.4 is 0 Å². The van der Waals surface area contributed by atoms with Crippen molar-refractivity contribution < 1.29 is 93.4 Å². The van der Waals surface area contributed by atoms with Gasteiger partial charge in [0.1, 0.15) is 54.9 Å². The average Bonchev–Trinajstić information content (AvgIpc) is 3.74. The first-order chi connectivity index (χ1) is 31.2. The van der Waals surface area contributed by atoms with Gasteiger partial charge >= 0.3 is 5.97 Å². The number of aliphatic hydroxyl groups is 9. The van der Waals surface area contributed by atoms with E-state index in [0.717, 1.165) is 31.3 Å². The van der Waals surface area contributed by atoms with Gasteiger partial charge in [0.25, 0.3) is 0 Å². The Hall–Kier alpha value is -1.73. The summed E-state index contributed by atoms with van der Waals surface area (Å²) in [5.41, 5.74) is 1.16. The molecule has 7 fully saturated rings. The minimum absolute atomic E-state index is 0.00496. The Balaban J connectivity index is 0.961. The number of esters is 1. The normalized spacial score (nSPS) is 52.4. The molecule has 0 spiro atoms. The maximum atomic E-state index is 12.0. The van der Waals surface area contributed by atoms with Crippen molar-refractivity contribution in [3.8, 4) is 0 Å². The summed E-state index contributed by atoms with van der Waals surface area (Å²) in [6.45, 7) is 13.0. The van der Waals surface area contributed by atoms with Crippen LogP contribution in [-0.4, -0.2) is 189 Å². The van der Waals surface area contributed by atoms with E-state index in [4.69, 9.17) is 42.6 Å². The van der Waals surface area contributed by atoms with Crippen LogP contribution in [0.2, 0.25) is 0 Å². The number of aliphatic hydroxyl groups excluding tert-OH is 9.